The first-order chi connectivity index (χ1) is 6.29. The van der Waals surface area contributed by atoms with Gasteiger partial charge in [-0.25, -0.2) is 0 Å². The van der Waals surface area contributed by atoms with Crippen LogP contribution in [0.2, 0.25) is 0 Å². The van der Waals surface area contributed by atoms with Crippen LogP contribution in [-0.2, 0) is 0 Å². The zero-order chi connectivity index (χ0) is 9.26. The van der Waals surface area contributed by atoms with Crippen molar-refractivity contribution in [1.82, 2.24) is 0 Å². The minimum atomic E-state index is 0. The second kappa shape index (κ2) is 5.99. The van der Waals surface area contributed by atoms with Crippen LogP contribution in [0.15, 0.2) is 23.2 Å². The number of rotatable bonds is 1. The Bertz CT molecular complexity index is 362. The van der Waals surface area contributed by atoms with Gasteiger partial charge in [0.1, 0.15) is 0 Å². The lowest BCUT2D eigenvalue weighted by molar-refractivity contribution is 0.951. The molecule has 0 saturated carbocycles. The largest absolute Gasteiger partial charge is 0.398 e. The number of nitrogen functional groups attached to an aromatic ring is 1. The standard InChI is InChI=1S/C11H14N2.2ClH/c1-8-9(4-2-5-10(8)12)11-6-3-7-13-11;;/h2,4-5H,3,6-7,12H2,1H3;2*1H. The van der Waals surface area contributed by atoms with Crippen molar-refractivity contribution in [1.29, 1.82) is 0 Å². The molecular weight excluding hydrogens is 231 g/mol. The lowest BCUT2D eigenvalue weighted by Crippen LogP contribution is -2.01. The smallest absolute Gasteiger partial charge is 0.0424 e. The van der Waals surface area contributed by atoms with Crippen molar-refractivity contribution in [3.63, 3.8) is 0 Å². The molecule has 2 nitrogen and oxygen atoms in total. The van der Waals surface area contributed by atoms with Gasteiger partial charge in [-0.3, -0.25) is 4.99 Å². The molecule has 0 saturated heterocycles. The van der Waals surface area contributed by atoms with Crippen LogP contribution in [0.4, 0.5) is 5.69 Å². The number of benzene rings is 1. The molecule has 0 amide bonds. The Balaban J connectivity index is 0.000000980. The average molecular weight is 247 g/mol. The summed E-state index contributed by atoms with van der Waals surface area (Å²) in [7, 11) is 0. The maximum absolute atomic E-state index is 5.83. The summed E-state index contributed by atoms with van der Waals surface area (Å²) in [5, 5.41) is 0. The number of nitrogens with two attached hydrogens (primary N) is 1. The third kappa shape index (κ3) is 2.86. The highest BCUT2D eigenvalue weighted by molar-refractivity contribution is 6.03. The van der Waals surface area contributed by atoms with Crippen molar-refractivity contribution in [2.45, 2.75) is 19.8 Å². The van der Waals surface area contributed by atoms with Gasteiger partial charge in [0.25, 0.3) is 0 Å². The lowest BCUT2D eigenvalue weighted by atomic mass is 10.0. The highest BCUT2D eigenvalue weighted by atomic mass is 35.5. The predicted octanol–water partition coefficient (Wildman–Crippen LogP) is 3.00. The Morgan fingerprint density at radius 2 is 2.00 bits per heavy atom. The summed E-state index contributed by atoms with van der Waals surface area (Å²) in [4.78, 5) is 4.47. The Hall–Kier alpha value is -0.730. The van der Waals surface area contributed by atoms with Gasteiger partial charge in [0.15, 0.2) is 0 Å². The van der Waals surface area contributed by atoms with Crippen LogP contribution >= 0.6 is 24.8 Å². The molecular formula is C11H16Cl2N2. The van der Waals surface area contributed by atoms with Crippen LogP contribution in [-0.4, -0.2) is 12.3 Å². The van der Waals surface area contributed by atoms with Crippen molar-refractivity contribution in [2.75, 3.05) is 12.3 Å². The molecule has 0 fully saturated rings. The van der Waals surface area contributed by atoms with Crippen LogP contribution in [0.25, 0.3) is 0 Å². The van der Waals surface area contributed by atoms with E-state index in [1.807, 2.05) is 12.1 Å². The zero-order valence-corrected chi connectivity index (χ0v) is 10.3. The molecule has 1 aliphatic rings. The first-order valence-electron chi connectivity index (χ1n) is 4.68. The van der Waals surface area contributed by atoms with E-state index in [0.717, 1.165) is 18.7 Å². The van der Waals surface area contributed by atoms with Crippen LogP contribution in [0.1, 0.15) is 24.0 Å². The maximum Gasteiger partial charge on any atom is 0.0424 e. The summed E-state index contributed by atoms with van der Waals surface area (Å²) in [6.45, 7) is 3.04. The van der Waals surface area contributed by atoms with Crippen LogP contribution < -0.4 is 5.73 Å². The van der Waals surface area contributed by atoms with E-state index in [4.69, 9.17) is 5.73 Å². The van der Waals surface area contributed by atoms with E-state index in [1.165, 1.54) is 23.3 Å². The molecule has 1 aromatic rings. The summed E-state index contributed by atoms with van der Waals surface area (Å²) < 4.78 is 0. The van der Waals surface area contributed by atoms with Gasteiger partial charge in [0.2, 0.25) is 0 Å². The van der Waals surface area contributed by atoms with Crippen LogP contribution in [0, 0.1) is 6.92 Å². The second-order valence-corrected chi connectivity index (χ2v) is 3.45. The molecule has 2 rings (SSSR count). The number of hydrogen-bond acceptors (Lipinski definition) is 2. The zero-order valence-electron chi connectivity index (χ0n) is 8.69. The average Bonchev–Trinajstić information content (AvgIpc) is 2.62. The molecule has 1 heterocycles. The molecule has 4 heteroatoms. The molecule has 84 valence electrons. The monoisotopic (exact) mass is 246 g/mol. The Morgan fingerprint density at radius 1 is 1.27 bits per heavy atom. The third-order valence-corrected chi connectivity index (χ3v) is 2.56. The van der Waals surface area contributed by atoms with E-state index in [0.29, 0.717) is 0 Å². The molecule has 0 atom stereocenters. The second-order valence-electron chi connectivity index (χ2n) is 3.45. The van der Waals surface area contributed by atoms with Gasteiger partial charge in [-0.1, -0.05) is 12.1 Å². The summed E-state index contributed by atoms with van der Waals surface area (Å²) >= 11 is 0. The molecule has 0 aromatic heterocycles. The number of nitrogens with zero attached hydrogens (tertiary/aromatic N) is 1. The van der Waals surface area contributed by atoms with Gasteiger partial charge in [0, 0.05) is 23.5 Å². The van der Waals surface area contributed by atoms with Crippen molar-refractivity contribution < 1.29 is 0 Å². The van der Waals surface area contributed by atoms with Crippen molar-refractivity contribution in [2.24, 2.45) is 4.99 Å². The summed E-state index contributed by atoms with van der Waals surface area (Å²) in [6, 6.07) is 6.04. The van der Waals surface area contributed by atoms with Crippen molar-refractivity contribution in [3.8, 4) is 0 Å². The SMILES string of the molecule is Cc1c(N)cccc1C1=NCCC1.Cl.Cl. The molecule has 0 aliphatic carbocycles. The number of anilines is 1. The topological polar surface area (TPSA) is 38.4 Å². The van der Waals surface area contributed by atoms with Crippen molar-refractivity contribution >= 4 is 36.2 Å². The van der Waals surface area contributed by atoms with Crippen LogP contribution in [0.5, 0.6) is 0 Å². The van der Waals surface area contributed by atoms with E-state index in [-0.39, 0.29) is 24.8 Å². The third-order valence-electron chi connectivity index (χ3n) is 2.56. The van der Waals surface area contributed by atoms with Gasteiger partial charge in [-0.15, -0.1) is 24.8 Å². The molecule has 2 N–H and O–H groups in total. The summed E-state index contributed by atoms with van der Waals surface area (Å²) in [5.74, 6) is 0. The minimum Gasteiger partial charge on any atom is -0.398 e. The first kappa shape index (κ1) is 14.3. The lowest BCUT2D eigenvalue weighted by Gasteiger charge is -2.07. The fraction of sp³-hybridized carbons (Fsp3) is 0.364. The molecule has 0 bridgehead atoms. The van der Waals surface area contributed by atoms with E-state index in [1.54, 1.807) is 0 Å². The van der Waals surface area contributed by atoms with Gasteiger partial charge in [-0.2, -0.15) is 0 Å². The highest BCUT2D eigenvalue weighted by Crippen LogP contribution is 2.20. The molecule has 1 aromatic carbocycles. The molecule has 0 unspecified atom stereocenters. The maximum atomic E-state index is 5.83. The van der Waals surface area contributed by atoms with Crippen LogP contribution in [0.3, 0.4) is 0 Å². The molecule has 0 radical (unpaired) electrons. The molecule has 1 aliphatic heterocycles. The number of hydrogen-bond donors (Lipinski definition) is 1. The fourth-order valence-corrected chi connectivity index (χ4v) is 1.73. The molecule has 15 heavy (non-hydrogen) atoms. The van der Waals surface area contributed by atoms with E-state index < -0.39 is 0 Å². The number of aliphatic imine (C=N–C) groups is 1. The summed E-state index contributed by atoms with van der Waals surface area (Å²) in [5.41, 5.74) is 10.3. The quantitative estimate of drug-likeness (QED) is 0.761. The van der Waals surface area contributed by atoms with E-state index >= 15 is 0 Å². The van der Waals surface area contributed by atoms with Crippen molar-refractivity contribution in [3.05, 3.63) is 29.3 Å². The van der Waals surface area contributed by atoms with Gasteiger partial charge in [0.05, 0.1) is 0 Å². The Morgan fingerprint density at radius 3 is 2.60 bits per heavy atom. The highest BCUT2D eigenvalue weighted by Gasteiger charge is 2.11. The predicted molar refractivity (Wildman–Crippen MR) is 70.7 cm³/mol. The van der Waals surface area contributed by atoms with Gasteiger partial charge < -0.3 is 5.73 Å². The normalized spacial score (nSPS) is 13.8. The summed E-state index contributed by atoms with van der Waals surface area (Å²) in [6.07, 6.45) is 2.29. The van der Waals surface area contributed by atoms with Gasteiger partial charge in [-0.05, 0) is 31.4 Å². The van der Waals surface area contributed by atoms with E-state index in [9.17, 15) is 0 Å². The number of halogens is 2. The minimum absolute atomic E-state index is 0. The fourth-order valence-electron chi connectivity index (χ4n) is 1.73. The Labute approximate surface area is 103 Å². The Kier molecular flexibility index (Phi) is 5.69. The molecule has 0 spiro atoms. The van der Waals surface area contributed by atoms with E-state index in [2.05, 4.69) is 18.0 Å². The van der Waals surface area contributed by atoms with Gasteiger partial charge >= 0.3 is 0 Å². The first-order valence-corrected chi connectivity index (χ1v) is 4.68.